The van der Waals surface area contributed by atoms with Crippen LogP contribution in [-0.2, 0) is 10.1 Å². The van der Waals surface area contributed by atoms with Crippen molar-refractivity contribution in [2.24, 2.45) is 0 Å². The molecule has 0 radical (unpaired) electrons. The molecule has 7 heteroatoms. The summed E-state index contributed by atoms with van der Waals surface area (Å²) in [7, 11) is -4.27. The molecule has 0 N–H and O–H groups in total. The molecule has 2 aromatic carbocycles. The summed E-state index contributed by atoms with van der Waals surface area (Å²) in [6.07, 6.45) is 2.47. The van der Waals surface area contributed by atoms with Crippen LogP contribution >= 0.6 is 0 Å². The highest BCUT2D eigenvalue weighted by atomic mass is 32.2. The Morgan fingerprint density at radius 1 is 1.00 bits per heavy atom. The summed E-state index contributed by atoms with van der Waals surface area (Å²) in [6.45, 7) is 8.10. The number of rotatable bonds is 2. The molecule has 0 unspecified atom stereocenters. The fourth-order valence-corrected chi connectivity index (χ4v) is 3.25. The van der Waals surface area contributed by atoms with E-state index in [1.807, 2.05) is 19.9 Å². The summed E-state index contributed by atoms with van der Waals surface area (Å²) < 4.78 is 31.2. The van der Waals surface area contributed by atoms with E-state index in [0.29, 0.717) is 5.69 Å². The predicted octanol–water partition coefficient (Wildman–Crippen LogP) is 4.29. The Balaban J connectivity index is 0.000000197. The van der Waals surface area contributed by atoms with Crippen molar-refractivity contribution < 1.29 is 13.0 Å². The first-order valence-electron chi connectivity index (χ1n) is 8.46. The number of benzene rings is 2. The second-order valence-electron chi connectivity index (χ2n) is 6.49. The van der Waals surface area contributed by atoms with E-state index >= 15 is 0 Å². The summed E-state index contributed by atoms with van der Waals surface area (Å²) in [5, 5.41) is 8.99. The third-order valence-corrected chi connectivity index (χ3v) is 5.30. The van der Waals surface area contributed by atoms with Crippen LogP contribution in [0.1, 0.15) is 29.5 Å². The van der Waals surface area contributed by atoms with Gasteiger partial charge in [0.15, 0.2) is 4.98 Å². The van der Waals surface area contributed by atoms with Crippen molar-refractivity contribution in [2.75, 3.05) is 18.0 Å². The molecule has 0 amide bonds. The fourth-order valence-electron chi connectivity index (χ4n) is 2.78. The van der Waals surface area contributed by atoms with Crippen LogP contribution in [-0.4, -0.2) is 26.1 Å². The number of hydrogen-bond donors (Lipinski definition) is 0. The van der Waals surface area contributed by atoms with Gasteiger partial charge in [-0.25, -0.2) is 8.42 Å². The number of hydrogen-bond acceptors (Lipinski definition) is 5. The van der Waals surface area contributed by atoms with Crippen LogP contribution in [0, 0.1) is 26.2 Å². The number of anilines is 1. The maximum Gasteiger partial charge on any atom is 0.408 e. The second-order valence-corrected chi connectivity index (χ2v) is 7.87. The van der Waals surface area contributed by atoms with Crippen LogP contribution < -0.4 is 4.90 Å². The van der Waals surface area contributed by atoms with E-state index in [1.165, 1.54) is 36.1 Å². The molecule has 1 aliphatic rings. The fraction of sp³-hybridized carbons (Fsp3) is 0.368. The average Bonchev–Trinajstić information content (AvgIpc) is 3.11. The van der Waals surface area contributed by atoms with Crippen molar-refractivity contribution in [3.8, 4) is 0 Å². The Hall–Kier alpha value is -2.43. The number of aryl methyl sites for hydroxylation is 3. The topological polar surface area (TPSA) is 88.6 Å². The molecule has 1 saturated heterocycles. The number of diazo groups is 1. The largest absolute Gasteiger partial charge is 0.744 e. The van der Waals surface area contributed by atoms with E-state index in [-0.39, 0.29) is 4.90 Å². The lowest BCUT2D eigenvalue weighted by molar-refractivity contribution is 0.463. The highest BCUT2D eigenvalue weighted by Crippen LogP contribution is 2.33. The zero-order chi connectivity index (χ0) is 19.3. The molecule has 3 rings (SSSR count). The minimum Gasteiger partial charge on any atom is -0.744 e. The van der Waals surface area contributed by atoms with Crippen LogP contribution in [0.15, 0.2) is 41.3 Å². The van der Waals surface area contributed by atoms with Crippen LogP contribution in [0.5, 0.6) is 0 Å². The van der Waals surface area contributed by atoms with Gasteiger partial charge in [0.05, 0.1) is 4.90 Å². The summed E-state index contributed by atoms with van der Waals surface area (Å²) in [6, 6.07) is 9.85. The summed E-state index contributed by atoms with van der Waals surface area (Å²) >= 11 is 0. The van der Waals surface area contributed by atoms with Crippen molar-refractivity contribution in [1.82, 2.24) is 0 Å². The molecule has 138 valence electrons. The molecule has 1 heterocycles. The molecule has 0 atom stereocenters. The van der Waals surface area contributed by atoms with Crippen LogP contribution in [0.2, 0.25) is 0 Å². The van der Waals surface area contributed by atoms with E-state index in [4.69, 9.17) is 5.39 Å². The van der Waals surface area contributed by atoms with Gasteiger partial charge in [-0.2, -0.15) is 0 Å². The molecular weight excluding hydrogens is 350 g/mol. The van der Waals surface area contributed by atoms with Gasteiger partial charge in [0.2, 0.25) is 5.39 Å². The first kappa shape index (κ1) is 19.9. The third-order valence-electron chi connectivity index (χ3n) is 4.46. The SMILES string of the molecule is Cc1cc([N+]#N)c(N2CCCC2)cc1C.Cc1ccc(S(=O)(=O)[O-])cc1. The molecule has 6 nitrogen and oxygen atoms in total. The lowest BCUT2D eigenvalue weighted by Gasteiger charge is -2.16. The molecule has 1 fully saturated rings. The molecule has 0 spiro atoms. The summed E-state index contributed by atoms with van der Waals surface area (Å²) in [4.78, 5) is 5.49. The first-order valence-corrected chi connectivity index (χ1v) is 9.87. The maximum absolute atomic E-state index is 10.4. The Kier molecular flexibility index (Phi) is 6.35. The highest BCUT2D eigenvalue weighted by Gasteiger charge is 2.23. The van der Waals surface area contributed by atoms with E-state index in [9.17, 15) is 13.0 Å². The first-order chi connectivity index (χ1) is 12.2. The van der Waals surface area contributed by atoms with Gasteiger partial charge >= 0.3 is 5.69 Å². The van der Waals surface area contributed by atoms with E-state index in [1.54, 1.807) is 12.1 Å². The van der Waals surface area contributed by atoms with Gasteiger partial charge in [-0.15, -0.1) is 0 Å². The van der Waals surface area contributed by atoms with Crippen LogP contribution in [0.3, 0.4) is 0 Å². The molecule has 0 aliphatic carbocycles. The zero-order valence-electron chi connectivity index (χ0n) is 15.3. The summed E-state index contributed by atoms with van der Waals surface area (Å²) in [5.74, 6) is 0. The molecule has 2 aromatic rings. The van der Waals surface area contributed by atoms with Gasteiger partial charge in [-0.1, -0.05) is 17.7 Å². The molecule has 26 heavy (non-hydrogen) atoms. The minimum absolute atomic E-state index is 0.178. The van der Waals surface area contributed by atoms with E-state index in [0.717, 1.165) is 24.3 Å². The van der Waals surface area contributed by atoms with Crippen molar-refractivity contribution in [1.29, 1.82) is 5.39 Å². The minimum atomic E-state index is -4.27. The molecular formula is C19H23N3O3S. The highest BCUT2D eigenvalue weighted by molar-refractivity contribution is 7.85. The lowest BCUT2D eigenvalue weighted by atomic mass is 10.1. The predicted molar refractivity (Wildman–Crippen MR) is 101 cm³/mol. The van der Waals surface area contributed by atoms with Crippen LogP contribution in [0.4, 0.5) is 11.4 Å². The van der Waals surface area contributed by atoms with Gasteiger partial charge in [-0.3, -0.25) is 0 Å². The Morgan fingerprint density at radius 2 is 1.54 bits per heavy atom. The quantitative estimate of drug-likeness (QED) is 0.579. The standard InChI is InChI=1S/C12H16N3.C7H8O3S/c1-9-7-11(14-13)12(8-10(9)2)15-5-3-4-6-15;1-6-2-4-7(5-3-6)11(8,9)10/h7-8H,3-6H2,1-2H3;2-5H,1H3,(H,8,9,10)/q+1;/p-1. The van der Waals surface area contributed by atoms with E-state index < -0.39 is 10.1 Å². The average molecular weight is 373 g/mol. The second kappa shape index (κ2) is 8.30. The normalized spacial score (nSPS) is 13.7. The molecule has 0 aromatic heterocycles. The van der Waals surface area contributed by atoms with Gasteiger partial charge < -0.3 is 9.45 Å². The van der Waals surface area contributed by atoms with Crippen molar-refractivity contribution in [2.45, 2.75) is 38.5 Å². The lowest BCUT2D eigenvalue weighted by Crippen LogP contribution is -2.17. The monoisotopic (exact) mass is 373 g/mol. The van der Waals surface area contributed by atoms with Gasteiger partial charge in [0.1, 0.15) is 15.8 Å². The number of nitrogens with zero attached hydrogens (tertiary/aromatic N) is 3. The van der Waals surface area contributed by atoms with Crippen molar-refractivity contribution >= 4 is 21.5 Å². The Labute approximate surface area is 154 Å². The van der Waals surface area contributed by atoms with Gasteiger partial charge in [0, 0.05) is 19.2 Å². The van der Waals surface area contributed by atoms with E-state index in [2.05, 4.69) is 22.9 Å². The Morgan fingerprint density at radius 3 is 2.04 bits per heavy atom. The van der Waals surface area contributed by atoms with Crippen LogP contribution in [0.25, 0.3) is 4.98 Å². The van der Waals surface area contributed by atoms with Gasteiger partial charge in [0.25, 0.3) is 0 Å². The smallest absolute Gasteiger partial charge is 0.408 e. The van der Waals surface area contributed by atoms with Crippen molar-refractivity contribution in [3.63, 3.8) is 0 Å². The molecule has 0 saturated carbocycles. The van der Waals surface area contributed by atoms with Crippen molar-refractivity contribution in [3.05, 3.63) is 58.1 Å². The Bertz CT molecular complexity index is 910. The zero-order valence-corrected chi connectivity index (χ0v) is 16.1. The maximum atomic E-state index is 10.4. The molecule has 1 aliphatic heterocycles. The van der Waals surface area contributed by atoms with Gasteiger partial charge in [-0.05, 0) is 62.9 Å². The summed E-state index contributed by atoms with van der Waals surface area (Å²) in [5.41, 5.74) is 5.12. The molecule has 0 bridgehead atoms. The third kappa shape index (κ3) is 5.04.